The highest BCUT2D eigenvalue weighted by Crippen LogP contribution is 2.29. The van der Waals surface area contributed by atoms with E-state index in [4.69, 9.17) is 0 Å². The van der Waals surface area contributed by atoms with Gasteiger partial charge in [-0.15, -0.1) is 0 Å². The van der Waals surface area contributed by atoms with Crippen molar-refractivity contribution in [2.24, 2.45) is 5.92 Å². The van der Waals surface area contributed by atoms with Gasteiger partial charge in [0, 0.05) is 13.1 Å². The minimum Gasteiger partial charge on any atom is -0.348 e. The van der Waals surface area contributed by atoms with Crippen LogP contribution in [0.5, 0.6) is 0 Å². The lowest BCUT2D eigenvalue weighted by atomic mass is 10.1. The maximum Gasteiger partial charge on any atom is 0.186 e. The number of nitrogens with zero attached hydrogens (tertiary/aromatic N) is 2. The van der Waals surface area contributed by atoms with Gasteiger partial charge in [-0.1, -0.05) is 39.0 Å². The molecule has 0 saturated heterocycles. The molecule has 0 aliphatic carbocycles. The predicted octanol–water partition coefficient (Wildman–Crippen LogP) is 3.56. The van der Waals surface area contributed by atoms with Crippen LogP contribution >= 0.6 is 11.3 Å². The molecule has 3 nitrogen and oxygen atoms in total. The molecule has 1 heterocycles. The zero-order valence-electron chi connectivity index (χ0n) is 11.4. The Morgan fingerprint density at radius 1 is 1.35 bits per heavy atom. The van der Waals surface area contributed by atoms with Gasteiger partial charge < -0.3 is 4.90 Å². The number of hydrogen-bond acceptors (Lipinski definition) is 4. The predicted molar refractivity (Wildman–Crippen MR) is 74.3 cm³/mol. The van der Waals surface area contributed by atoms with Crippen LogP contribution in [0.15, 0.2) is 0 Å². The van der Waals surface area contributed by atoms with E-state index in [0.29, 0.717) is 11.8 Å². The van der Waals surface area contributed by atoms with Gasteiger partial charge in [0.15, 0.2) is 11.4 Å². The fourth-order valence-electron chi connectivity index (χ4n) is 1.75. The Morgan fingerprint density at radius 3 is 2.35 bits per heavy atom. The molecule has 96 valence electrons. The van der Waals surface area contributed by atoms with Gasteiger partial charge in [0.2, 0.25) is 0 Å². The Labute approximate surface area is 108 Å². The Balaban J connectivity index is 3.00. The Kier molecular flexibility index (Phi) is 5.12. The van der Waals surface area contributed by atoms with Crippen LogP contribution in [0.2, 0.25) is 0 Å². The summed E-state index contributed by atoms with van der Waals surface area (Å²) < 4.78 is 0. The van der Waals surface area contributed by atoms with Crippen LogP contribution in [0, 0.1) is 5.92 Å². The van der Waals surface area contributed by atoms with Crippen molar-refractivity contribution >= 4 is 22.8 Å². The average Bonchev–Trinajstić information content (AvgIpc) is 2.69. The molecule has 1 rings (SSSR count). The van der Waals surface area contributed by atoms with E-state index in [9.17, 15) is 4.79 Å². The molecule has 0 unspecified atom stereocenters. The molecule has 1 aromatic heterocycles. The second kappa shape index (κ2) is 6.15. The molecule has 0 fully saturated rings. The summed E-state index contributed by atoms with van der Waals surface area (Å²) in [5.41, 5.74) is 0.933. The molecule has 4 heteroatoms. The number of aldehydes is 1. The lowest BCUT2D eigenvalue weighted by Crippen LogP contribution is -2.27. The summed E-state index contributed by atoms with van der Waals surface area (Å²) >= 11 is 1.51. The van der Waals surface area contributed by atoms with Crippen molar-refractivity contribution in [1.82, 2.24) is 4.98 Å². The smallest absolute Gasteiger partial charge is 0.186 e. The number of rotatable bonds is 6. The lowest BCUT2D eigenvalue weighted by Gasteiger charge is -2.21. The quantitative estimate of drug-likeness (QED) is 0.728. The van der Waals surface area contributed by atoms with Crippen molar-refractivity contribution in [3.8, 4) is 0 Å². The van der Waals surface area contributed by atoms with Crippen molar-refractivity contribution in [2.75, 3.05) is 18.0 Å². The van der Waals surface area contributed by atoms with Gasteiger partial charge in [0.05, 0.1) is 10.6 Å². The summed E-state index contributed by atoms with van der Waals surface area (Å²) in [5, 5.41) is 0.979. The molecule has 0 amide bonds. The van der Waals surface area contributed by atoms with Crippen LogP contribution in [0.25, 0.3) is 0 Å². The zero-order chi connectivity index (χ0) is 13.0. The number of thiazole rings is 1. The third-order valence-corrected chi connectivity index (χ3v) is 3.62. The van der Waals surface area contributed by atoms with E-state index in [0.717, 1.165) is 35.1 Å². The van der Waals surface area contributed by atoms with Crippen molar-refractivity contribution < 1.29 is 4.79 Å². The van der Waals surface area contributed by atoms with Crippen LogP contribution in [-0.4, -0.2) is 24.4 Å². The van der Waals surface area contributed by atoms with E-state index in [1.807, 2.05) is 0 Å². The third kappa shape index (κ3) is 3.53. The molecule has 1 aromatic rings. The summed E-state index contributed by atoms with van der Waals surface area (Å²) in [5.74, 6) is 0.902. The molecule has 0 N–H and O–H groups in total. The van der Waals surface area contributed by atoms with Gasteiger partial charge in [-0.25, -0.2) is 4.98 Å². The fraction of sp³-hybridized carbons (Fsp3) is 0.692. The zero-order valence-corrected chi connectivity index (χ0v) is 12.2. The van der Waals surface area contributed by atoms with Gasteiger partial charge in [0.25, 0.3) is 0 Å². The molecular weight excluding hydrogens is 232 g/mol. The Bertz CT molecular complexity index is 371. The standard InChI is InChI=1S/C13H22N2OS/c1-6-15(7-9(2)3)13-14-12(10(4)5)11(8-16)17-13/h8-10H,6-7H2,1-5H3. The second-order valence-corrected chi connectivity index (χ2v) is 5.96. The minimum atomic E-state index is 0.304. The monoisotopic (exact) mass is 254 g/mol. The van der Waals surface area contributed by atoms with Crippen molar-refractivity contribution in [3.63, 3.8) is 0 Å². The molecular formula is C13H22N2OS. The summed E-state index contributed by atoms with van der Waals surface area (Å²) in [6.07, 6.45) is 0.930. The minimum absolute atomic E-state index is 0.304. The van der Waals surface area contributed by atoms with Gasteiger partial charge in [-0.3, -0.25) is 4.79 Å². The highest BCUT2D eigenvalue weighted by molar-refractivity contribution is 7.17. The summed E-state index contributed by atoms with van der Waals surface area (Å²) in [6, 6.07) is 0. The van der Waals surface area contributed by atoms with E-state index in [2.05, 4.69) is 44.5 Å². The summed E-state index contributed by atoms with van der Waals surface area (Å²) in [4.78, 5) is 18.7. The number of carbonyl (C=O) groups is 1. The molecule has 0 aliphatic heterocycles. The van der Waals surface area contributed by atoms with E-state index in [-0.39, 0.29) is 0 Å². The molecule has 0 atom stereocenters. The van der Waals surface area contributed by atoms with Gasteiger partial charge in [0.1, 0.15) is 0 Å². The number of hydrogen-bond donors (Lipinski definition) is 0. The largest absolute Gasteiger partial charge is 0.348 e. The Morgan fingerprint density at radius 2 is 2.00 bits per heavy atom. The van der Waals surface area contributed by atoms with Crippen molar-refractivity contribution in [3.05, 3.63) is 10.6 Å². The molecule has 0 aromatic carbocycles. The van der Waals surface area contributed by atoms with Gasteiger partial charge in [-0.2, -0.15) is 0 Å². The van der Waals surface area contributed by atoms with Gasteiger partial charge >= 0.3 is 0 Å². The SMILES string of the molecule is CCN(CC(C)C)c1nc(C(C)C)c(C=O)s1. The molecule has 0 saturated carbocycles. The molecule has 0 spiro atoms. The first-order chi connectivity index (χ1) is 7.99. The maximum atomic E-state index is 11.0. The molecule has 0 bridgehead atoms. The van der Waals surface area contributed by atoms with Gasteiger partial charge in [-0.05, 0) is 18.8 Å². The highest BCUT2D eigenvalue weighted by atomic mass is 32.1. The topological polar surface area (TPSA) is 33.2 Å². The number of aromatic nitrogens is 1. The van der Waals surface area contributed by atoms with Crippen molar-refractivity contribution in [2.45, 2.75) is 40.5 Å². The van der Waals surface area contributed by atoms with E-state index in [1.165, 1.54) is 11.3 Å². The van der Waals surface area contributed by atoms with Crippen LogP contribution < -0.4 is 4.90 Å². The number of anilines is 1. The van der Waals surface area contributed by atoms with Crippen LogP contribution in [0.3, 0.4) is 0 Å². The number of carbonyl (C=O) groups excluding carboxylic acids is 1. The van der Waals surface area contributed by atoms with Crippen LogP contribution in [-0.2, 0) is 0 Å². The first-order valence-corrected chi connectivity index (χ1v) is 7.02. The third-order valence-electron chi connectivity index (χ3n) is 2.56. The van der Waals surface area contributed by atoms with E-state index >= 15 is 0 Å². The Hall–Kier alpha value is -0.900. The molecule has 0 aliphatic rings. The van der Waals surface area contributed by atoms with E-state index in [1.54, 1.807) is 0 Å². The lowest BCUT2D eigenvalue weighted by molar-refractivity contribution is 0.112. The molecule has 0 radical (unpaired) electrons. The second-order valence-electron chi connectivity index (χ2n) is 4.95. The normalized spacial score (nSPS) is 11.2. The fourth-order valence-corrected chi connectivity index (χ4v) is 2.86. The first-order valence-electron chi connectivity index (χ1n) is 6.20. The highest BCUT2D eigenvalue weighted by Gasteiger charge is 2.17. The van der Waals surface area contributed by atoms with Crippen LogP contribution in [0.4, 0.5) is 5.13 Å². The average molecular weight is 254 g/mol. The van der Waals surface area contributed by atoms with Crippen molar-refractivity contribution in [1.29, 1.82) is 0 Å². The van der Waals surface area contributed by atoms with E-state index < -0.39 is 0 Å². The summed E-state index contributed by atoms with van der Waals surface area (Å²) in [6.45, 7) is 12.6. The first kappa shape index (κ1) is 14.2. The molecule has 17 heavy (non-hydrogen) atoms. The van der Waals surface area contributed by atoms with Crippen LogP contribution in [0.1, 0.15) is 55.9 Å². The maximum absolute atomic E-state index is 11.0. The summed E-state index contributed by atoms with van der Waals surface area (Å²) in [7, 11) is 0.